The van der Waals surface area contributed by atoms with E-state index in [-0.39, 0.29) is 23.2 Å². The molecule has 0 spiro atoms. The van der Waals surface area contributed by atoms with Crippen LogP contribution < -0.4 is 0 Å². The first-order chi connectivity index (χ1) is 11.8. The van der Waals surface area contributed by atoms with E-state index in [2.05, 4.69) is 10.2 Å². The van der Waals surface area contributed by atoms with Gasteiger partial charge in [-0.25, -0.2) is 8.42 Å². The summed E-state index contributed by atoms with van der Waals surface area (Å²) in [6, 6.07) is 6.78. The number of Topliss-reactive ketones (excluding diaryl/α,β-unsaturated/α-hetero) is 1. The highest BCUT2D eigenvalue weighted by molar-refractivity contribution is 8.00. The van der Waals surface area contributed by atoms with Crippen LogP contribution in [0, 0.1) is 5.92 Å². The zero-order valence-corrected chi connectivity index (χ0v) is 15.9. The van der Waals surface area contributed by atoms with E-state index in [4.69, 9.17) is 16.0 Å². The third kappa shape index (κ3) is 4.83. The van der Waals surface area contributed by atoms with Crippen molar-refractivity contribution in [3.8, 4) is 0 Å². The summed E-state index contributed by atoms with van der Waals surface area (Å²) in [4.78, 5) is 12.4. The number of hydrogen-bond donors (Lipinski definition) is 0. The average molecular weight is 401 g/mol. The van der Waals surface area contributed by atoms with Gasteiger partial charge >= 0.3 is 0 Å². The maximum absolute atomic E-state index is 12.4. The molecule has 1 fully saturated rings. The number of aromatic nitrogens is 2. The van der Waals surface area contributed by atoms with Crippen molar-refractivity contribution in [2.45, 2.75) is 30.2 Å². The first-order valence-corrected chi connectivity index (χ1v) is 10.9. The third-order valence-electron chi connectivity index (χ3n) is 3.99. The lowest BCUT2D eigenvalue weighted by atomic mass is 10.1. The quantitative estimate of drug-likeness (QED) is 0.543. The number of benzene rings is 1. The van der Waals surface area contributed by atoms with Crippen LogP contribution >= 0.6 is 23.4 Å². The van der Waals surface area contributed by atoms with Crippen molar-refractivity contribution >= 4 is 39.0 Å². The minimum Gasteiger partial charge on any atom is -0.416 e. The summed E-state index contributed by atoms with van der Waals surface area (Å²) in [6.07, 6.45) is 1.07. The number of carbonyl (C=O) groups excluding carboxylic acids is 1. The van der Waals surface area contributed by atoms with Crippen LogP contribution in [0.5, 0.6) is 0 Å². The Morgan fingerprint density at radius 3 is 2.92 bits per heavy atom. The van der Waals surface area contributed by atoms with Crippen molar-refractivity contribution in [3.63, 3.8) is 0 Å². The molecule has 0 saturated carbocycles. The van der Waals surface area contributed by atoms with Crippen molar-refractivity contribution in [2.24, 2.45) is 5.92 Å². The predicted octanol–water partition coefficient (Wildman–Crippen LogP) is 3.06. The summed E-state index contributed by atoms with van der Waals surface area (Å²) in [6.45, 7) is 1.77. The van der Waals surface area contributed by atoms with Crippen LogP contribution in [-0.4, -0.2) is 41.2 Å². The number of ketones is 1. The van der Waals surface area contributed by atoms with E-state index < -0.39 is 15.1 Å². The van der Waals surface area contributed by atoms with E-state index in [0.717, 1.165) is 0 Å². The summed E-state index contributed by atoms with van der Waals surface area (Å²) in [5, 5.41) is 8.32. The predicted molar refractivity (Wildman–Crippen MR) is 95.9 cm³/mol. The molecule has 2 atom stereocenters. The minimum absolute atomic E-state index is 0.0221. The van der Waals surface area contributed by atoms with Gasteiger partial charge in [0.05, 0.1) is 16.8 Å². The molecule has 0 N–H and O–H groups in total. The molecule has 0 bridgehead atoms. The Kier molecular flexibility index (Phi) is 5.50. The summed E-state index contributed by atoms with van der Waals surface area (Å²) < 4.78 is 28.6. The number of carbonyl (C=O) groups is 1. The maximum atomic E-state index is 12.4. The van der Waals surface area contributed by atoms with Gasteiger partial charge in [-0.15, -0.1) is 10.2 Å². The molecule has 0 amide bonds. The van der Waals surface area contributed by atoms with E-state index in [1.165, 1.54) is 11.8 Å². The standard InChI is InChI=1S/C16H17ClN2O4S2/c1-10(15(20)12-3-2-4-13(17)8-12)24-16-19-18-14(23-16)7-11-5-6-25(21,22)9-11/h2-4,8,10-11H,5-7,9H2,1H3. The van der Waals surface area contributed by atoms with Crippen molar-refractivity contribution in [2.75, 3.05) is 11.5 Å². The lowest BCUT2D eigenvalue weighted by Crippen LogP contribution is -2.13. The van der Waals surface area contributed by atoms with Gasteiger partial charge in [-0.05, 0) is 31.4 Å². The van der Waals surface area contributed by atoms with Crippen molar-refractivity contribution in [1.29, 1.82) is 0 Å². The topological polar surface area (TPSA) is 90.1 Å². The van der Waals surface area contributed by atoms with Gasteiger partial charge in [-0.2, -0.15) is 0 Å². The van der Waals surface area contributed by atoms with E-state index in [1.807, 2.05) is 0 Å². The molecule has 2 aromatic rings. The smallest absolute Gasteiger partial charge is 0.277 e. The summed E-state index contributed by atoms with van der Waals surface area (Å²) in [7, 11) is -2.92. The number of sulfone groups is 1. The van der Waals surface area contributed by atoms with Crippen LogP contribution in [0.15, 0.2) is 33.9 Å². The fraction of sp³-hybridized carbons (Fsp3) is 0.438. The molecule has 1 aliphatic heterocycles. The maximum Gasteiger partial charge on any atom is 0.277 e. The Hall–Kier alpha value is -1.38. The van der Waals surface area contributed by atoms with Crippen LogP contribution in [-0.2, 0) is 16.3 Å². The zero-order valence-electron chi connectivity index (χ0n) is 13.5. The summed E-state index contributed by atoms with van der Waals surface area (Å²) >= 11 is 7.10. The molecule has 9 heteroatoms. The lowest BCUT2D eigenvalue weighted by Gasteiger charge is -2.07. The van der Waals surface area contributed by atoms with E-state index >= 15 is 0 Å². The van der Waals surface area contributed by atoms with Crippen molar-refractivity contribution < 1.29 is 17.6 Å². The van der Waals surface area contributed by atoms with Crippen LogP contribution in [0.2, 0.25) is 5.02 Å². The van der Waals surface area contributed by atoms with E-state index in [1.54, 1.807) is 31.2 Å². The summed E-state index contributed by atoms with van der Waals surface area (Å²) in [5.41, 5.74) is 0.531. The van der Waals surface area contributed by atoms with E-state index in [0.29, 0.717) is 34.5 Å². The van der Waals surface area contributed by atoms with Gasteiger partial charge in [0.25, 0.3) is 5.22 Å². The van der Waals surface area contributed by atoms with E-state index in [9.17, 15) is 13.2 Å². The molecule has 1 aromatic carbocycles. The normalized spacial score (nSPS) is 20.5. The van der Waals surface area contributed by atoms with Gasteiger partial charge in [-0.3, -0.25) is 4.79 Å². The fourth-order valence-electron chi connectivity index (χ4n) is 2.73. The van der Waals surface area contributed by atoms with Gasteiger partial charge in [0.2, 0.25) is 5.89 Å². The molecule has 1 aliphatic rings. The number of halogens is 1. The zero-order chi connectivity index (χ0) is 18.0. The number of hydrogen-bond acceptors (Lipinski definition) is 7. The molecule has 0 aliphatic carbocycles. The second-order valence-electron chi connectivity index (χ2n) is 6.07. The molecule has 2 unspecified atom stereocenters. The highest BCUT2D eigenvalue weighted by Crippen LogP contribution is 2.27. The number of nitrogens with zero attached hydrogens (tertiary/aromatic N) is 2. The number of rotatable bonds is 6. The Morgan fingerprint density at radius 1 is 1.44 bits per heavy atom. The summed E-state index contributed by atoms with van der Waals surface area (Å²) in [5.74, 6) is 0.745. The fourth-order valence-corrected chi connectivity index (χ4v) is 5.56. The van der Waals surface area contributed by atoms with Crippen LogP contribution in [0.3, 0.4) is 0 Å². The van der Waals surface area contributed by atoms with Crippen molar-refractivity contribution in [1.82, 2.24) is 10.2 Å². The molecular weight excluding hydrogens is 384 g/mol. The average Bonchev–Trinajstić information content (AvgIpc) is 3.12. The molecule has 3 rings (SSSR count). The van der Waals surface area contributed by atoms with Gasteiger partial charge in [0.1, 0.15) is 0 Å². The van der Waals surface area contributed by atoms with Crippen LogP contribution in [0.1, 0.15) is 29.6 Å². The molecular formula is C16H17ClN2O4S2. The Labute approximate surface area is 155 Å². The molecule has 25 heavy (non-hydrogen) atoms. The molecule has 134 valence electrons. The highest BCUT2D eigenvalue weighted by atomic mass is 35.5. The first-order valence-electron chi connectivity index (χ1n) is 7.81. The molecule has 6 nitrogen and oxygen atoms in total. The second-order valence-corrected chi connectivity index (χ2v) is 10.0. The SMILES string of the molecule is CC(Sc1nnc(CC2CCS(=O)(=O)C2)o1)C(=O)c1cccc(Cl)c1. The van der Waals surface area contributed by atoms with Crippen molar-refractivity contribution in [3.05, 3.63) is 40.7 Å². The molecule has 0 radical (unpaired) electrons. The lowest BCUT2D eigenvalue weighted by molar-refractivity contribution is 0.0993. The Balaban J connectivity index is 1.60. The second kappa shape index (κ2) is 7.47. The molecule has 1 saturated heterocycles. The van der Waals surface area contributed by atoms with Gasteiger partial charge in [0.15, 0.2) is 15.6 Å². The van der Waals surface area contributed by atoms with Crippen LogP contribution in [0.25, 0.3) is 0 Å². The molecule has 1 aromatic heterocycles. The Bertz CT molecular complexity index is 882. The highest BCUT2D eigenvalue weighted by Gasteiger charge is 2.29. The van der Waals surface area contributed by atoms with Gasteiger partial charge in [-0.1, -0.05) is 35.5 Å². The van der Waals surface area contributed by atoms with Gasteiger partial charge < -0.3 is 4.42 Å². The largest absolute Gasteiger partial charge is 0.416 e. The number of thioether (sulfide) groups is 1. The van der Waals surface area contributed by atoms with Gasteiger partial charge in [0, 0.05) is 17.0 Å². The molecule has 2 heterocycles. The minimum atomic E-state index is -2.92. The monoisotopic (exact) mass is 400 g/mol. The Morgan fingerprint density at radius 2 is 2.24 bits per heavy atom. The first kappa shape index (κ1) is 18.4. The third-order valence-corrected chi connectivity index (χ3v) is 7.00. The van der Waals surface area contributed by atoms with Crippen LogP contribution in [0.4, 0.5) is 0 Å².